The largest absolute Gasteiger partial charge is 0.484 e. The van der Waals surface area contributed by atoms with E-state index >= 15 is 0 Å². The van der Waals surface area contributed by atoms with E-state index in [0.717, 1.165) is 38.0 Å². The fourth-order valence-corrected chi connectivity index (χ4v) is 2.71. The topological polar surface area (TPSA) is 41.6 Å². The van der Waals surface area contributed by atoms with Gasteiger partial charge in [-0.2, -0.15) is 0 Å². The fourth-order valence-electron chi connectivity index (χ4n) is 2.59. The number of carbonyl (C=O) groups is 1. The smallest absolute Gasteiger partial charge is 0.260 e. The van der Waals surface area contributed by atoms with Crippen molar-refractivity contribution in [3.63, 3.8) is 0 Å². The molecule has 1 atom stereocenters. The first kappa shape index (κ1) is 16.1. The van der Waals surface area contributed by atoms with Crippen molar-refractivity contribution in [2.24, 2.45) is 0 Å². The molecule has 116 valence electrons. The van der Waals surface area contributed by atoms with Crippen LogP contribution in [0.2, 0.25) is 5.02 Å². The first-order valence-corrected chi connectivity index (χ1v) is 7.88. The predicted molar refractivity (Wildman–Crippen MR) is 85.0 cm³/mol. The number of nitrogens with zero attached hydrogens (tertiary/aromatic N) is 1. The van der Waals surface area contributed by atoms with Crippen molar-refractivity contribution in [2.75, 3.05) is 26.2 Å². The standard InChI is InChI=1S/C16H23ClN2O2/c1-3-8-19(13-6-7-18-10-13)16(20)11-21-14-4-5-15(17)12(2)9-14/h4-5,9,13,18H,3,6-8,10-11H2,1-2H3. The van der Waals surface area contributed by atoms with Crippen molar-refractivity contribution in [2.45, 2.75) is 32.7 Å². The van der Waals surface area contributed by atoms with Gasteiger partial charge in [0.1, 0.15) is 5.75 Å². The summed E-state index contributed by atoms with van der Waals surface area (Å²) < 4.78 is 5.62. The molecule has 0 saturated carbocycles. The van der Waals surface area contributed by atoms with Gasteiger partial charge in [0.05, 0.1) is 0 Å². The molecule has 5 heteroatoms. The van der Waals surface area contributed by atoms with Gasteiger partial charge in [-0.1, -0.05) is 18.5 Å². The summed E-state index contributed by atoms with van der Waals surface area (Å²) in [4.78, 5) is 14.3. The molecule has 1 amide bonds. The summed E-state index contributed by atoms with van der Waals surface area (Å²) in [6, 6.07) is 5.75. The number of nitrogens with one attached hydrogen (secondary N) is 1. The summed E-state index contributed by atoms with van der Waals surface area (Å²) in [6.07, 6.45) is 1.98. The molecule has 1 aliphatic heterocycles. The van der Waals surface area contributed by atoms with Crippen LogP contribution in [0, 0.1) is 6.92 Å². The highest BCUT2D eigenvalue weighted by Crippen LogP contribution is 2.21. The molecule has 0 spiro atoms. The zero-order valence-electron chi connectivity index (χ0n) is 12.7. The van der Waals surface area contributed by atoms with E-state index in [-0.39, 0.29) is 12.5 Å². The molecule has 1 N–H and O–H groups in total. The maximum absolute atomic E-state index is 12.4. The van der Waals surface area contributed by atoms with Crippen LogP contribution in [0.25, 0.3) is 0 Å². The molecule has 1 heterocycles. The third-order valence-corrected chi connectivity index (χ3v) is 4.18. The van der Waals surface area contributed by atoms with Gasteiger partial charge in [0.2, 0.25) is 0 Å². The normalized spacial score (nSPS) is 17.8. The average Bonchev–Trinajstić information content (AvgIpc) is 2.99. The van der Waals surface area contributed by atoms with E-state index in [1.54, 1.807) is 12.1 Å². The lowest BCUT2D eigenvalue weighted by Gasteiger charge is -2.28. The molecule has 1 aromatic rings. The number of benzene rings is 1. The van der Waals surface area contributed by atoms with Crippen molar-refractivity contribution in [1.82, 2.24) is 10.2 Å². The van der Waals surface area contributed by atoms with E-state index in [0.29, 0.717) is 16.8 Å². The van der Waals surface area contributed by atoms with Crippen LogP contribution in [-0.4, -0.2) is 43.1 Å². The number of amides is 1. The quantitative estimate of drug-likeness (QED) is 0.878. The minimum absolute atomic E-state index is 0.0538. The lowest BCUT2D eigenvalue weighted by molar-refractivity contribution is -0.135. The van der Waals surface area contributed by atoms with Gasteiger partial charge in [-0.25, -0.2) is 0 Å². The summed E-state index contributed by atoms with van der Waals surface area (Å²) >= 11 is 5.98. The van der Waals surface area contributed by atoms with Crippen molar-refractivity contribution in [3.8, 4) is 5.75 Å². The summed E-state index contributed by atoms with van der Waals surface area (Å²) in [5.41, 5.74) is 0.951. The molecule has 2 rings (SSSR count). The van der Waals surface area contributed by atoms with Crippen LogP contribution in [0.3, 0.4) is 0 Å². The van der Waals surface area contributed by atoms with Crippen molar-refractivity contribution in [1.29, 1.82) is 0 Å². The Labute approximate surface area is 131 Å². The van der Waals surface area contributed by atoms with Gasteiger partial charge in [0.25, 0.3) is 5.91 Å². The molecular weight excluding hydrogens is 288 g/mol. The minimum atomic E-state index is 0.0538. The van der Waals surface area contributed by atoms with Gasteiger partial charge in [-0.15, -0.1) is 0 Å². The number of rotatable bonds is 6. The van der Waals surface area contributed by atoms with Gasteiger partial charge >= 0.3 is 0 Å². The first-order chi connectivity index (χ1) is 10.1. The van der Waals surface area contributed by atoms with Crippen molar-refractivity contribution < 1.29 is 9.53 Å². The summed E-state index contributed by atoms with van der Waals surface area (Å²) in [5, 5.41) is 4.01. The number of ether oxygens (including phenoxy) is 1. The van der Waals surface area contributed by atoms with Gasteiger partial charge in [-0.3, -0.25) is 4.79 Å². The Morgan fingerprint density at radius 3 is 2.95 bits per heavy atom. The highest BCUT2D eigenvalue weighted by molar-refractivity contribution is 6.31. The third-order valence-electron chi connectivity index (χ3n) is 3.75. The SMILES string of the molecule is CCCN(C(=O)COc1ccc(Cl)c(C)c1)C1CCNC1. The molecular formula is C16H23ClN2O2. The van der Waals surface area contributed by atoms with Gasteiger partial charge in [-0.05, 0) is 50.1 Å². The predicted octanol–water partition coefficient (Wildman–Crippen LogP) is 2.63. The van der Waals surface area contributed by atoms with Gasteiger partial charge in [0, 0.05) is 24.2 Å². The molecule has 1 saturated heterocycles. The van der Waals surface area contributed by atoms with Crippen molar-refractivity contribution >= 4 is 17.5 Å². The van der Waals surface area contributed by atoms with Crippen LogP contribution in [0.15, 0.2) is 18.2 Å². The first-order valence-electron chi connectivity index (χ1n) is 7.51. The third kappa shape index (κ3) is 4.35. The minimum Gasteiger partial charge on any atom is -0.484 e. The monoisotopic (exact) mass is 310 g/mol. The maximum Gasteiger partial charge on any atom is 0.260 e. The maximum atomic E-state index is 12.4. The Hall–Kier alpha value is -1.26. The summed E-state index contributed by atoms with van der Waals surface area (Å²) in [5.74, 6) is 0.740. The van der Waals surface area contributed by atoms with Gasteiger partial charge < -0.3 is 15.0 Å². The molecule has 1 aromatic carbocycles. The second kappa shape index (κ2) is 7.66. The van der Waals surface area contributed by atoms with E-state index in [1.807, 2.05) is 17.9 Å². The van der Waals surface area contributed by atoms with Crippen LogP contribution >= 0.6 is 11.6 Å². The summed E-state index contributed by atoms with van der Waals surface area (Å²) in [7, 11) is 0. The molecule has 4 nitrogen and oxygen atoms in total. The van der Waals surface area contributed by atoms with E-state index in [2.05, 4.69) is 12.2 Å². The number of hydrogen-bond acceptors (Lipinski definition) is 3. The van der Waals surface area contributed by atoms with Crippen LogP contribution < -0.4 is 10.1 Å². The molecule has 0 radical (unpaired) electrons. The Morgan fingerprint density at radius 2 is 2.33 bits per heavy atom. The van der Waals surface area contributed by atoms with E-state index in [1.165, 1.54) is 0 Å². The Bertz CT molecular complexity index is 487. The fraction of sp³-hybridized carbons (Fsp3) is 0.562. The van der Waals surface area contributed by atoms with Crippen LogP contribution in [0.4, 0.5) is 0 Å². The molecule has 1 aliphatic rings. The van der Waals surface area contributed by atoms with E-state index in [4.69, 9.17) is 16.3 Å². The lowest BCUT2D eigenvalue weighted by Crippen LogP contribution is -2.44. The molecule has 1 unspecified atom stereocenters. The zero-order chi connectivity index (χ0) is 15.2. The van der Waals surface area contributed by atoms with Crippen LogP contribution in [-0.2, 0) is 4.79 Å². The summed E-state index contributed by atoms with van der Waals surface area (Å²) in [6.45, 7) is 6.74. The molecule has 0 aromatic heterocycles. The second-order valence-corrected chi connectivity index (χ2v) is 5.84. The van der Waals surface area contributed by atoms with Crippen LogP contribution in [0.5, 0.6) is 5.75 Å². The molecule has 1 fully saturated rings. The van der Waals surface area contributed by atoms with E-state index < -0.39 is 0 Å². The number of hydrogen-bond donors (Lipinski definition) is 1. The van der Waals surface area contributed by atoms with Crippen molar-refractivity contribution in [3.05, 3.63) is 28.8 Å². The number of aryl methyl sites for hydroxylation is 1. The average molecular weight is 311 g/mol. The zero-order valence-corrected chi connectivity index (χ0v) is 13.4. The second-order valence-electron chi connectivity index (χ2n) is 5.43. The van der Waals surface area contributed by atoms with Crippen LogP contribution in [0.1, 0.15) is 25.3 Å². The highest BCUT2D eigenvalue weighted by atomic mass is 35.5. The number of halogens is 1. The Balaban J connectivity index is 1.93. The highest BCUT2D eigenvalue weighted by Gasteiger charge is 2.25. The lowest BCUT2D eigenvalue weighted by atomic mass is 10.2. The Morgan fingerprint density at radius 1 is 1.52 bits per heavy atom. The van der Waals surface area contributed by atoms with Gasteiger partial charge in [0.15, 0.2) is 6.61 Å². The van der Waals surface area contributed by atoms with E-state index in [9.17, 15) is 4.79 Å². The molecule has 0 aliphatic carbocycles. The Kier molecular flexibility index (Phi) is 5.88. The molecule has 21 heavy (non-hydrogen) atoms. The number of carbonyl (C=O) groups excluding carboxylic acids is 1. The molecule has 0 bridgehead atoms.